The fraction of sp³-hybridized carbons (Fsp3) is 0.364. The van der Waals surface area contributed by atoms with Gasteiger partial charge in [-0.2, -0.15) is 5.10 Å². The maximum absolute atomic E-state index is 4.28. The minimum atomic E-state index is 0.666. The number of hydrogen-bond acceptors (Lipinski definition) is 4. The summed E-state index contributed by atoms with van der Waals surface area (Å²) in [6, 6.07) is 1.96. The van der Waals surface area contributed by atoms with E-state index >= 15 is 0 Å². The average molecular weight is 217 g/mol. The van der Waals surface area contributed by atoms with Crippen LogP contribution in [0, 0.1) is 6.92 Å². The van der Waals surface area contributed by atoms with Gasteiger partial charge >= 0.3 is 0 Å². The Balaban J connectivity index is 2.02. The van der Waals surface area contributed by atoms with Gasteiger partial charge in [0.25, 0.3) is 0 Å². The molecule has 0 unspecified atom stereocenters. The minimum absolute atomic E-state index is 0.666. The van der Waals surface area contributed by atoms with E-state index in [4.69, 9.17) is 0 Å². The molecule has 2 heterocycles. The molecule has 2 aromatic rings. The molecule has 0 aliphatic rings. The van der Waals surface area contributed by atoms with E-state index in [1.165, 1.54) is 0 Å². The van der Waals surface area contributed by atoms with Crippen molar-refractivity contribution in [2.45, 2.75) is 26.9 Å². The van der Waals surface area contributed by atoms with Crippen LogP contribution in [-0.2, 0) is 13.1 Å². The van der Waals surface area contributed by atoms with Crippen molar-refractivity contribution in [1.29, 1.82) is 0 Å². The number of rotatable bonds is 4. The highest BCUT2D eigenvalue weighted by Crippen LogP contribution is 2.05. The Hall–Kier alpha value is -1.91. The van der Waals surface area contributed by atoms with Gasteiger partial charge in [-0.3, -0.25) is 0 Å². The van der Waals surface area contributed by atoms with Gasteiger partial charge in [-0.15, -0.1) is 5.10 Å². The van der Waals surface area contributed by atoms with Gasteiger partial charge in [0, 0.05) is 18.9 Å². The molecule has 84 valence electrons. The second-order valence-corrected chi connectivity index (χ2v) is 3.60. The average Bonchev–Trinajstić information content (AvgIpc) is 2.74. The molecule has 5 nitrogen and oxygen atoms in total. The Kier molecular flexibility index (Phi) is 3.14. The standard InChI is InChI=1S/C11H15N5/c1-3-16-5-4-12-11(16)8-13-10-6-9(2)7-14-15-10/h4-7H,3,8H2,1-2H3,(H,13,15). The van der Waals surface area contributed by atoms with E-state index in [-0.39, 0.29) is 0 Å². The van der Waals surface area contributed by atoms with Crippen molar-refractivity contribution in [3.05, 3.63) is 36.0 Å². The Morgan fingerprint density at radius 1 is 1.44 bits per heavy atom. The number of nitrogens with one attached hydrogen (secondary N) is 1. The Labute approximate surface area is 94.5 Å². The molecule has 1 N–H and O–H groups in total. The summed E-state index contributed by atoms with van der Waals surface area (Å²) in [6.45, 7) is 5.68. The number of aryl methyl sites for hydroxylation is 2. The molecule has 0 aliphatic carbocycles. The number of aromatic nitrogens is 4. The summed E-state index contributed by atoms with van der Waals surface area (Å²) in [5.41, 5.74) is 1.09. The summed E-state index contributed by atoms with van der Waals surface area (Å²) < 4.78 is 2.09. The fourth-order valence-corrected chi connectivity index (χ4v) is 1.52. The molecule has 5 heteroatoms. The lowest BCUT2D eigenvalue weighted by molar-refractivity contribution is 0.707. The number of nitrogens with zero attached hydrogens (tertiary/aromatic N) is 4. The van der Waals surface area contributed by atoms with Crippen molar-refractivity contribution >= 4 is 5.82 Å². The van der Waals surface area contributed by atoms with Crippen molar-refractivity contribution < 1.29 is 0 Å². The third kappa shape index (κ3) is 2.36. The molecule has 0 amide bonds. The predicted molar refractivity (Wildman–Crippen MR) is 62.0 cm³/mol. The van der Waals surface area contributed by atoms with Crippen LogP contribution in [0.25, 0.3) is 0 Å². The van der Waals surface area contributed by atoms with E-state index in [1.54, 1.807) is 6.20 Å². The van der Waals surface area contributed by atoms with Crippen LogP contribution in [0.15, 0.2) is 24.7 Å². The third-order valence-corrected chi connectivity index (χ3v) is 2.36. The van der Waals surface area contributed by atoms with Gasteiger partial charge in [0.05, 0.1) is 12.7 Å². The molecule has 2 rings (SSSR count). The topological polar surface area (TPSA) is 55.6 Å². The van der Waals surface area contributed by atoms with Gasteiger partial charge in [-0.1, -0.05) is 0 Å². The molecule has 0 fully saturated rings. The summed E-state index contributed by atoms with van der Waals surface area (Å²) in [5.74, 6) is 1.79. The van der Waals surface area contributed by atoms with Crippen molar-refractivity contribution in [3.63, 3.8) is 0 Å². The molecule has 16 heavy (non-hydrogen) atoms. The largest absolute Gasteiger partial charge is 0.361 e. The minimum Gasteiger partial charge on any atom is -0.361 e. The van der Waals surface area contributed by atoms with Gasteiger partial charge in [-0.05, 0) is 25.5 Å². The van der Waals surface area contributed by atoms with E-state index in [0.29, 0.717) is 6.54 Å². The second-order valence-electron chi connectivity index (χ2n) is 3.60. The van der Waals surface area contributed by atoms with Crippen LogP contribution in [0.4, 0.5) is 5.82 Å². The van der Waals surface area contributed by atoms with Gasteiger partial charge in [0.15, 0.2) is 0 Å². The van der Waals surface area contributed by atoms with Crippen LogP contribution in [0.2, 0.25) is 0 Å². The first-order valence-electron chi connectivity index (χ1n) is 5.33. The Morgan fingerprint density at radius 3 is 3.06 bits per heavy atom. The first-order valence-corrected chi connectivity index (χ1v) is 5.33. The Morgan fingerprint density at radius 2 is 2.31 bits per heavy atom. The normalized spacial score (nSPS) is 10.4. The van der Waals surface area contributed by atoms with Crippen molar-refractivity contribution in [3.8, 4) is 0 Å². The maximum Gasteiger partial charge on any atom is 0.149 e. The number of hydrogen-bond donors (Lipinski definition) is 1. The van der Waals surface area contributed by atoms with Crippen LogP contribution in [0.5, 0.6) is 0 Å². The van der Waals surface area contributed by atoms with Crippen LogP contribution in [0.3, 0.4) is 0 Å². The molecule has 0 atom stereocenters. The summed E-state index contributed by atoms with van der Waals surface area (Å²) in [7, 11) is 0. The molecule has 0 spiro atoms. The van der Waals surface area contributed by atoms with Crippen molar-refractivity contribution in [2.75, 3.05) is 5.32 Å². The zero-order valence-electron chi connectivity index (χ0n) is 9.51. The summed E-state index contributed by atoms with van der Waals surface area (Å²) in [4.78, 5) is 4.28. The monoisotopic (exact) mass is 217 g/mol. The molecule has 0 saturated carbocycles. The smallest absolute Gasteiger partial charge is 0.149 e. The zero-order chi connectivity index (χ0) is 11.4. The highest BCUT2D eigenvalue weighted by molar-refractivity contribution is 5.35. The summed E-state index contributed by atoms with van der Waals surface area (Å²) >= 11 is 0. The SMILES string of the molecule is CCn1ccnc1CNc1cc(C)cnn1. The first-order chi connectivity index (χ1) is 7.79. The molecule has 0 aromatic carbocycles. The van der Waals surface area contributed by atoms with Crippen LogP contribution in [0.1, 0.15) is 18.3 Å². The second kappa shape index (κ2) is 4.74. The Bertz CT molecular complexity index is 463. The fourth-order valence-electron chi connectivity index (χ4n) is 1.52. The van der Waals surface area contributed by atoms with Crippen LogP contribution in [-0.4, -0.2) is 19.7 Å². The summed E-state index contributed by atoms with van der Waals surface area (Å²) in [5, 5.41) is 11.1. The highest BCUT2D eigenvalue weighted by atomic mass is 15.2. The van der Waals surface area contributed by atoms with Gasteiger partial charge in [-0.25, -0.2) is 4.98 Å². The summed E-state index contributed by atoms with van der Waals surface area (Å²) in [6.07, 6.45) is 5.51. The molecule has 2 aromatic heterocycles. The van der Waals surface area contributed by atoms with Crippen molar-refractivity contribution in [1.82, 2.24) is 19.7 Å². The van der Waals surface area contributed by atoms with Crippen LogP contribution >= 0.6 is 0 Å². The molecule has 0 bridgehead atoms. The molecular formula is C11H15N5. The van der Waals surface area contributed by atoms with Gasteiger partial charge in [0.2, 0.25) is 0 Å². The van der Waals surface area contributed by atoms with E-state index < -0.39 is 0 Å². The molecular weight excluding hydrogens is 202 g/mol. The molecule has 0 saturated heterocycles. The van der Waals surface area contributed by atoms with E-state index in [2.05, 4.69) is 32.0 Å². The van der Waals surface area contributed by atoms with E-state index in [0.717, 1.165) is 23.8 Å². The highest BCUT2D eigenvalue weighted by Gasteiger charge is 2.01. The molecule has 0 aliphatic heterocycles. The quantitative estimate of drug-likeness (QED) is 0.845. The predicted octanol–water partition coefficient (Wildman–Crippen LogP) is 1.61. The molecule has 0 radical (unpaired) electrons. The zero-order valence-corrected chi connectivity index (χ0v) is 9.51. The lowest BCUT2D eigenvalue weighted by atomic mass is 10.3. The van der Waals surface area contributed by atoms with E-state index in [1.807, 2.05) is 25.4 Å². The number of anilines is 1. The first kappa shape index (κ1) is 10.6. The van der Waals surface area contributed by atoms with E-state index in [9.17, 15) is 0 Å². The lowest BCUT2D eigenvalue weighted by Crippen LogP contribution is -2.08. The van der Waals surface area contributed by atoms with Crippen LogP contribution < -0.4 is 5.32 Å². The third-order valence-electron chi connectivity index (χ3n) is 2.36. The van der Waals surface area contributed by atoms with Gasteiger partial charge < -0.3 is 9.88 Å². The number of imidazole rings is 1. The van der Waals surface area contributed by atoms with Gasteiger partial charge in [0.1, 0.15) is 11.6 Å². The maximum atomic E-state index is 4.28. The van der Waals surface area contributed by atoms with Crippen molar-refractivity contribution in [2.24, 2.45) is 0 Å². The lowest BCUT2D eigenvalue weighted by Gasteiger charge is -2.06.